The van der Waals surface area contributed by atoms with Crippen LogP contribution in [0.3, 0.4) is 0 Å². The highest BCUT2D eigenvalue weighted by molar-refractivity contribution is 5.97. The van der Waals surface area contributed by atoms with Crippen LogP contribution in [-0.2, 0) is 14.3 Å². The fraction of sp³-hybridized carbons (Fsp3) is 0.708. The van der Waals surface area contributed by atoms with E-state index in [0.29, 0.717) is 18.8 Å². The molecule has 1 aromatic rings. The van der Waals surface area contributed by atoms with Gasteiger partial charge in [0, 0.05) is 35.9 Å². The fourth-order valence-corrected chi connectivity index (χ4v) is 3.85. The third-order valence-corrected chi connectivity index (χ3v) is 6.53. The number of amides is 1. The highest BCUT2D eigenvalue weighted by Gasteiger charge is 2.40. The SMILES string of the molecule is [2H]C([2H])(F)C([2H])([2H])C([2H])([2H])OC(=O)C(CC)(CC)NC(=O)c1ccc(N2CC(OC)C2)c(OC[C@H]2C[C@@H]2CO)n1. The van der Waals surface area contributed by atoms with Crippen molar-refractivity contribution in [1.29, 1.82) is 0 Å². The lowest BCUT2D eigenvalue weighted by atomic mass is 9.92. The number of pyridine rings is 1. The molecule has 1 amide bonds. The van der Waals surface area contributed by atoms with Crippen molar-refractivity contribution in [3.8, 4) is 5.88 Å². The van der Waals surface area contributed by atoms with Gasteiger partial charge in [0.05, 0.1) is 31.4 Å². The number of esters is 1. The Labute approximate surface area is 208 Å². The number of hydrogen-bond acceptors (Lipinski definition) is 8. The summed E-state index contributed by atoms with van der Waals surface area (Å²) >= 11 is 0. The van der Waals surface area contributed by atoms with Crippen molar-refractivity contribution in [2.75, 3.05) is 51.5 Å². The van der Waals surface area contributed by atoms with Gasteiger partial charge in [-0.1, -0.05) is 13.8 Å². The van der Waals surface area contributed by atoms with Crippen LogP contribution >= 0.6 is 0 Å². The van der Waals surface area contributed by atoms with Gasteiger partial charge in [0.2, 0.25) is 5.88 Å². The lowest BCUT2D eigenvalue weighted by Gasteiger charge is -2.40. The molecule has 0 aromatic carbocycles. The number of alkyl halides is 1. The number of anilines is 1. The van der Waals surface area contributed by atoms with E-state index < -0.39 is 37.0 Å². The van der Waals surface area contributed by atoms with Gasteiger partial charge in [0.1, 0.15) is 16.9 Å². The van der Waals surface area contributed by atoms with Crippen LogP contribution in [0.2, 0.25) is 0 Å². The number of nitrogens with one attached hydrogen (secondary N) is 1. The Morgan fingerprint density at radius 1 is 1.32 bits per heavy atom. The van der Waals surface area contributed by atoms with E-state index in [4.69, 9.17) is 17.7 Å². The maximum atomic E-state index is 13.8. The first-order valence-electron chi connectivity index (χ1n) is 14.3. The van der Waals surface area contributed by atoms with Gasteiger partial charge >= 0.3 is 5.97 Å². The molecule has 2 heterocycles. The van der Waals surface area contributed by atoms with Gasteiger partial charge in [-0.2, -0.15) is 0 Å². The molecule has 0 unspecified atom stereocenters. The standard InChI is InChI=1S/C24H36FN3O6/c1-4-24(5-2,23(31)33-10-6-9-25)27-21(30)19-7-8-20(28-12-18(13-28)32-3)22(26-19)34-15-17-11-16(17)14-29/h7-8,16-18,29H,4-6,9-15H2,1-3H3,(H,27,30)/t16-,17-/m1/s1/i6D2,9D2,10D2. The minimum Gasteiger partial charge on any atom is -0.476 e. The quantitative estimate of drug-likeness (QED) is 0.384. The first kappa shape index (κ1) is 18.8. The maximum Gasteiger partial charge on any atom is 0.331 e. The van der Waals surface area contributed by atoms with Crippen molar-refractivity contribution in [3.05, 3.63) is 17.8 Å². The molecule has 1 saturated heterocycles. The van der Waals surface area contributed by atoms with Gasteiger partial charge in [0.25, 0.3) is 5.91 Å². The number of nitrogens with zero attached hydrogens (tertiary/aromatic N) is 2. The summed E-state index contributed by atoms with van der Waals surface area (Å²) in [5, 5.41) is 11.8. The Hall–Kier alpha value is -2.46. The summed E-state index contributed by atoms with van der Waals surface area (Å²) in [6, 6.07) is 3.08. The molecule has 2 aliphatic rings. The van der Waals surface area contributed by atoms with Gasteiger partial charge < -0.3 is 29.5 Å². The van der Waals surface area contributed by atoms with Crippen molar-refractivity contribution in [2.24, 2.45) is 11.8 Å². The Bertz CT molecular complexity index is 1080. The zero-order valence-corrected chi connectivity index (χ0v) is 19.6. The largest absolute Gasteiger partial charge is 0.476 e. The van der Waals surface area contributed by atoms with Crippen molar-refractivity contribution in [1.82, 2.24) is 10.3 Å². The number of carbonyl (C=O) groups is 2. The highest BCUT2D eigenvalue weighted by atomic mass is 19.1. The number of aliphatic hydroxyl groups excluding tert-OH is 1. The van der Waals surface area contributed by atoms with Gasteiger partial charge in [-0.3, -0.25) is 9.18 Å². The molecule has 2 atom stereocenters. The molecule has 1 saturated carbocycles. The second-order valence-corrected chi connectivity index (χ2v) is 8.49. The molecule has 2 fully saturated rings. The van der Waals surface area contributed by atoms with E-state index in [1.54, 1.807) is 13.2 Å². The number of methoxy groups -OCH3 is 1. The normalized spacial score (nSPS) is 23.9. The molecule has 1 aliphatic heterocycles. The first-order chi connectivity index (χ1) is 18.6. The summed E-state index contributed by atoms with van der Waals surface area (Å²) in [6.07, 6.45) is -3.19. The topological polar surface area (TPSA) is 110 Å². The van der Waals surface area contributed by atoms with Crippen LogP contribution in [0.25, 0.3) is 0 Å². The Morgan fingerprint density at radius 3 is 2.65 bits per heavy atom. The molecule has 1 aliphatic carbocycles. The first-order valence-corrected chi connectivity index (χ1v) is 11.3. The number of hydrogen-bond donors (Lipinski definition) is 2. The maximum absolute atomic E-state index is 13.8. The molecular formula is C24H36FN3O6. The molecule has 2 N–H and O–H groups in total. The van der Waals surface area contributed by atoms with Crippen LogP contribution < -0.4 is 15.0 Å². The second kappa shape index (κ2) is 11.8. The van der Waals surface area contributed by atoms with Gasteiger partial charge in [-0.25, -0.2) is 9.78 Å². The molecule has 0 spiro atoms. The van der Waals surface area contributed by atoms with Gasteiger partial charge in [0.15, 0.2) is 0 Å². The van der Waals surface area contributed by atoms with E-state index in [0.717, 1.165) is 6.42 Å². The average Bonchev–Trinajstić information content (AvgIpc) is 3.63. The Morgan fingerprint density at radius 2 is 2.06 bits per heavy atom. The van der Waals surface area contributed by atoms with E-state index in [1.165, 1.54) is 19.9 Å². The predicted octanol–water partition coefficient (Wildman–Crippen LogP) is 2.12. The minimum atomic E-state index is -4.17. The lowest BCUT2D eigenvalue weighted by molar-refractivity contribution is -0.152. The molecule has 0 bridgehead atoms. The minimum absolute atomic E-state index is 0.0405. The summed E-state index contributed by atoms with van der Waals surface area (Å²) in [5.41, 5.74) is -1.33. The smallest absolute Gasteiger partial charge is 0.331 e. The van der Waals surface area contributed by atoms with Crippen LogP contribution in [0.15, 0.2) is 12.1 Å². The van der Waals surface area contributed by atoms with Gasteiger partial charge in [-0.15, -0.1) is 0 Å². The number of ether oxygens (including phenoxy) is 3. The third kappa shape index (κ3) is 5.96. The zero-order valence-electron chi connectivity index (χ0n) is 25.6. The van der Waals surface area contributed by atoms with Crippen LogP contribution in [0.1, 0.15) is 58.2 Å². The van der Waals surface area contributed by atoms with E-state index in [1.807, 2.05) is 4.90 Å². The number of aliphatic hydroxyl groups is 1. The van der Waals surface area contributed by atoms with E-state index in [9.17, 15) is 19.1 Å². The fourth-order valence-electron chi connectivity index (χ4n) is 3.85. The molecule has 0 radical (unpaired) electrons. The lowest BCUT2D eigenvalue weighted by Crippen LogP contribution is -2.54. The van der Waals surface area contributed by atoms with Crippen LogP contribution in [-0.4, -0.2) is 80.2 Å². The highest BCUT2D eigenvalue weighted by Crippen LogP contribution is 2.39. The number of rotatable bonds is 14. The van der Waals surface area contributed by atoms with E-state index in [2.05, 4.69) is 15.0 Å². The van der Waals surface area contributed by atoms with Crippen LogP contribution in [0.4, 0.5) is 10.1 Å². The summed E-state index contributed by atoms with van der Waals surface area (Å²) in [6.45, 7) is -3.31. The van der Waals surface area contributed by atoms with Crippen molar-refractivity contribution >= 4 is 17.6 Å². The molecule has 1 aromatic heterocycles. The van der Waals surface area contributed by atoms with Crippen molar-refractivity contribution < 1.29 is 41.5 Å². The molecule has 10 heteroatoms. The molecular weight excluding hydrogens is 445 g/mol. The molecule has 9 nitrogen and oxygen atoms in total. The number of carbonyl (C=O) groups excluding carboxylic acids is 2. The van der Waals surface area contributed by atoms with Crippen molar-refractivity contribution in [2.45, 2.75) is 51.1 Å². The monoisotopic (exact) mass is 487 g/mol. The summed E-state index contributed by atoms with van der Waals surface area (Å²) in [7, 11) is 1.61. The second-order valence-electron chi connectivity index (χ2n) is 8.49. The molecule has 3 rings (SSSR count). The number of halogens is 1. The summed E-state index contributed by atoms with van der Waals surface area (Å²) in [5.74, 6) is -1.72. The van der Waals surface area contributed by atoms with Crippen LogP contribution in [0, 0.1) is 11.8 Å². The Balaban J connectivity index is 1.82. The summed E-state index contributed by atoms with van der Waals surface area (Å²) in [4.78, 5) is 32.7. The van der Waals surface area contributed by atoms with E-state index >= 15 is 0 Å². The molecule has 190 valence electrons. The van der Waals surface area contributed by atoms with Crippen LogP contribution in [0.5, 0.6) is 5.88 Å². The zero-order chi connectivity index (χ0) is 30.1. The third-order valence-electron chi connectivity index (χ3n) is 6.53. The predicted molar refractivity (Wildman–Crippen MR) is 124 cm³/mol. The van der Waals surface area contributed by atoms with Crippen molar-refractivity contribution in [3.63, 3.8) is 0 Å². The average molecular weight is 488 g/mol. The summed E-state index contributed by atoms with van der Waals surface area (Å²) < 4.78 is 74.2. The van der Waals surface area contributed by atoms with E-state index in [-0.39, 0.29) is 55.6 Å². The Kier molecular flexibility index (Phi) is 6.53. The number of aromatic nitrogens is 1. The van der Waals surface area contributed by atoms with Gasteiger partial charge in [-0.05, 0) is 43.2 Å². The molecule has 34 heavy (non-hydrogen) atoms.